The summed E-state index contributed by atoms with van der Waals surface area (Å²) in [4.78, 5) is 0. The quantitative estimate of drug-likeness (QED) is 0.602. The number of phenols is 2. The Labute approximate surface area is 140 Å². The minimum atomic E-state index is 0.0445. The van der Waals surface area contributed by atoms with E-state index < -0.39 is 0 Å². The molecule has 0 amide bonds. The Morgan fingerprint density at radius 2 is 1.33 bits per heavy atom. The monoisotopic (exact) mass is 318 g/mol. The lowest BCUT2D eigenvalue weighted by Crippen LogP contribution is -1.81. The van der Waals surface area contributed by atoms with Crippen LogP contribution in [0.1, 0.15) is 12.5 Å². The summed E-state index contributed by atoms with van der Waals surface area (Å²) in [7, 11) is 0. The predicted octanol–water partition coefficient (Wildman–Crippen LogP) is 5.74. The molecule has 0 heterocycles. The molecule has 0 aliphatic heterocycles. The molecule has 0 aliphatic rings. The van der Waals surface area contributed by atoms with Crippen LogP contribution in [0, 0.1) is 0 Å². The van der Waals surface area contributed by atoms with Gasteiger partial charge in [-0.3, -0.25) is 0 Å². The third-order valence-electron chi connectivity index (χ3n) is 3.82. The van der Waals surface area contributed by atoms with Gasteiger partial charge in [0.2, 0.25) is 0 Å². The Bertz CT molecular complexity index is 871. The first-order valence-electron chi connectivity index (χ1n) is 7.79. The summed E-state index contributed by atoms with van der Waals surface area (Å²) in [5.74, 6) is 0.0927. The van der Waals surface area contributed by atoms with E-state index >= 15 is 0 Å². The van der Waals surface area contributed by atoms with Gasteiger partial charge in [0.05, 0.1) is 0 Å². The molecular weight excluding hydrogens is 300 g/mol. The van der Waals surface area contributed by atoms with Crippen molar-refractivity contribution in [3.63, 3.8) is 0 Å². The third kappa shape index (κ3) is 3.43. The number of rotatable bonds is 4. The van der Waals surface area contributed by atoms with Crippen molar-refractivity contribution in [3.8, 4) is 22.6 Å². The van der Waals surface area contributed by atoms with E-state index in [1.165, 1.54) is 5.56 Å². The van der Waals surface area contributed by atoms with Crippen LogP contribution in [0.15, 0.2) is 77.0 Å². The minimum Gasteiger partial charge on any atom is -0.506 e. The molecule has 0 saturated heterocycles. The molecule has 0 atom stereocenters. The first-order valence-corrected chi connectivity index (χ1v) is 7.79. The van der Waals surface area contributed by atoms with Crippen LogP contribution in [0.25, 0.3) is 11.1 Å². The van der Waals surface area contributed by atoms with E-state index in [9.17, 15) is 10.2 Å². The number of aryl methyl sites for hydroxylation is 1. The second-order valence-corrected chi connectivity index (χ2v) is 5.44. The number of hydrogen-bond donors (Lipinski definition) is 2. The molecule has 0 bridgehead atoms. The van der Waals surface area contributed by atoms with Gasteiger partial charge in [0.1, 0.15) is 22.9 Å². The Balaban J connectivity index is 1.92. The highest BCUT2D eigenvalue weighted by molar-refractivity contribution is 5.70. The van der Waals surface area contributed by atoms with E-state index in [1.807, 2.05) is 6.07 Å². The number of hydrogen-bond acceptors (Lipinski definition) is 4. The first-order chi connectivity index (χ1) is 11.7. The van der Waals surface area contributed by atoms with Crippen molar-refractivity contribution >= 4 is 11.4 Å². The molecule has 3 rings (SSSR count). The van der Waals surface area contributed by atoms with Gasteiger partial charge in [-0.1, -0.05) is 49.4 Å². The molecule has 24 heavy (non-hydrogen) atoms. The molecule has 0 aromatic heterocycles. The van der Waals surface area contributed by atoms with Crippen molar-refractivity contribution < 1.29 is 10.2 Å². The van der Waals surface area contributed by atoms with Crippen LogP contribution in [0.2, 0.25) is 0 Å². The summed E-state index contributed by atoms with van der Waals surface area (Å²) >= 11 is 0. The van der Waals surface area contributed by atoms with Crippen molar-refractivity contribution in [2.75, 3.05) is 0 Å². The highest BCUT2D eigenvalue weighted by Gasteiger charge is 2.05. The Hall–Kier alpha value is -3.14. The molecule has 2 N–H and O–H groups in total. The topological polar surface area (TPSA) is 65.2 Å². The summed E-state index contributed by atoms with van der Waals surface area (Å²) in [6, 6.07) is 20.2. The lowest BCUT2D eigenvalue weighted by molar-refractivity contribution is 0.474. The van der Waals surface area contributed by atoms with Gasteiger partial charge >= 0.3 is 0 Å². The molecule has 120 valence electrons. The molecule has 4 heteroatoms. The van der Waals surface area contributed by atoms with Gasteiger partial charge in [0, 0.05) is 0 Å². The van der Waals surface area contributed by atoms with Crippen LogP contribution in [0.4, 0.5) is 11.4 Å². The molecule has 0 aliphatic carbocycles. The minimum absolute atomic E-state index is 0.0445. The Kier molecular flexibility index (Phi) is 4.57. The third-order valence-corrected chi connectivity index (χ3v) is 3.82. The van der Waals surface area contributed by atoms with Crippen LogP contribution < -0.4 is 0 Å². The average molecular weight is 318 g/mol. The standard InChI is InChI=1S/C20H18N2O2/c1-2-14-7-9-15(10-8-14)16-11-12-20(24)18(13-16)22-21-17-5-3-4-6-19(17)23/h3-13,23-24H,2H2,1H3. The van der Waals surface area contributed by atoms with Gasteiger partial charge in [-0.05, 0) is 47.4 Å². The van der Waals surface area contributed by atoms with E-state index in [0.29, 0.717) is 11.4 Å². The zero-order valence-electron chi connectivity index (χ0n) is 13.3. The predicted molar refractivity (Wildman–Crippen MR) is 95.2 cm³/mol. The maximum Gasteiger partial charge on any atom is 0.143 e. The lowest BCUT2D eigenvalue weighted by atomic mass is 10.0. The van der Waals surface area contributed by atoms with Crippen molar-refractivity contribution in [3.05, 3.63) is 72.3 Å². The van der Waals surface area contributed by atoms with E-state index in [4.69, 9.17) is 0 Å². The van der Waals surface area contributed by atoms with Crippen molar-refractivity contribution in [1.29, 1.82) is 0 Å². The van der Waals surface area contributed by atoms with Gasteiger partial charge in [0.25, 0.3) is 0 Å². The second-order valence-electron chi connectivity index (χ2n) is 5.44. The highest BCUT2D eigenvalue weighted by Crippen LogP contribution is 2.34. The SMILES string of the molecule is CCc1ccc(-c2ccc(O)c(N=Nc3ccccc3O)c2)cc1. The van der Waals surface area contributed by atoms with E-state index in [1.54, 1.807) is 36.4 Å². The summed E-state index contributed by atoms with van der Waals surface area (Å²) in [5, 5.41) is 27.8. The van der Waals surface area contributed by atoms with E-state index in [0.717, 1.165) is 17.5 Å². The fraction of sp³-hybridized carbons (Fsp3) is 0.100. The number of phenolic OH excluding ortho intramolecular Hbond substituents is 2. The molecule has 0 spiro atoms. The van der Waals surface area contributed by atoms with Gasteiger partial charge in [0.15, 0.2) is 0 Å². The Morgan fingerprint density at radius 1 is 0.708 bits per heavy atom. The maximum atomic E-state index is 10.00. The van der Waals surface area contributed by atoms with Crippen LogP contribution in [0.5, 0.6) is 11.5 Å². The summed E-state index contributed by atoms with van der Waals surface area (Å²) < 4.78 is 0. The van der Waals surface area contributed by atoms with Gasteiger partial charge < -0.3 is 10.2 Å². The fourth-order valence-corrected chi connectivity index (χ4v) is 2.37. The molecule has 0 fully saturated rings. The molecule has 3 aromatic carbocycles. The molecule has 0 saturated carbocycles. The van der Waals surface area contributed by atoms with Crippen molar-refractivity contribution in [2.24, 2.45) is 10.2 Å². The summed E-state index contributed by atoms with van der Waals surface area (Å²) in [6.07, 6.45) is 0.996. The number of aromatic hydroxyl groups is 2. The van der Waals surface area contributed by atoms with E-state index in [2.05, 4.69) is 41.4 Å². The Morgan fingerprint density at radius 3 is 2.04 bits per heavy atom. The second kappa shape index (κ2) is 6.96. The largest absolute Gasteiger partial charge is 0.506 e. The van der Waals surface area contributed by atoms with Crippen molar-refractivity contribution in [2.45, 2.75) is 13.3 Å². The summed E-state index contributed by atoms with van der Waals surface area (Å²) in [6.45, 7) is 2.12. The molecule has 0 unspecified atom stereocenters. The molecule has 0 radical (unpaired) electrons. The lowest BCUT2D eigenvalue weighted by Gasteiger charge is -2.05. The molecular formula is C20H18N2O2. The number of azo groups is 1. The van der Waals surface area contributed by atoms with Crippen LogP contribution in [-0.4, -0.2) is 10.2 Å². The first kappa shape index (κ1) is 15.7. The van der Waals surface area contributed by atoms with Crippen LogP contribution >= 0.6 is 0 Å². The van der Waals surface area contributed by atoms with Crippen LogP contribution in [0.3, 0.4) is 0 Å². The average Bonchev–Trinajstić information content (AvgIpc) is 2.62. The van der Waals surface area contributed by atoms with Gasteiger partial charge in [-0.15, -0.1) is 10.2 Å². The molecule has 4 nitrogen and oxygen atoms in total. The van der Waals surface area contributed by atoms with E-state index in [-0.39, 0.29) is 11.5 Å². The fourth-order valence-electron chi connectivity index (χ4n) is 2.37. The van der Waals surface area contributed by atoms with Gasteiger partial charge in [-0.2, -0.15) is 0 Å². The molecule has 3 aromatic rings. The maximum absolute atomic E-state index is 10.00. The number of nitrogens with zero attached hydrogens (tertiary/aromatic N) is 2. The number of para-hydroxylation sites is 1. The highest BCUT2D eigenvalue weighted by atomic mass is 16.3. The zero-order valence-corrected chi connectivity index (χ0v) is 13.3. The normalized spacial score (nSPS) is 11.0. The zero-order chi connectivity index (χ0) is 16.9. The van der Waals surface area contributed by atoms with Crippen LogP contribution in [-0.2, 0) is 6.42 Å². The summed E-state index contributed by atoms with van der Waals surface area (Å²) in [5.41, 5.74) is 3.98. The smallest absolute Gasteiger partial charge is 0.143 e. The van der Waals surface area contributed by atoms with Gasteiger partial charge in [-0.25, -0.2) is 0 Å². The number of benzene rings is 3. The van der Waals surface area contributed by atoms with Crippen molar-refractivity contribution in [1.82, 2.24) is 0 Å².